The standard InChI is InChI=1S/C18H15Cl2N5O4S/c1-24-17(12-7-10(19)3-6-15(12)29-2)22-23-18(24)30-9-16(26)21-11-4-5-13(20)14(8-11)25(27)28/h3-8H,9H2,1-2H3,(H,21,26). The summed E-state index contributed by atoms with van der Waals surface area (Å²) in [6.45, 7) is 0. The van der Waals surface area contributed by atoms with E-state index < -0.39 is 4.92 Å². The highest BCUT2D eigenvalue weighted by Crippen LogP contribution is 2.33. The number of nitrogens with one attached hydrogen (secondary N) is 1. The largest absolute Gasteiger partial charge is 0.496 e. The number of carbonyl (C=O) groups is 1. The Hall–Kier alpha value is -2.82. The minimum atomic E-state index is -0.613. The summed E-state index contributed by atoms with van der Waals surface area (Å²) in [5, 5.41) is 22.9. The number of ether oxygens (including phenoxy) is 1. The molecule has 1 N–H and O–H groups in total. The lowest BCUT2D eigenvalue weighted by Crippen LogP contribution is -2.14. The van der Waals surface area contributed by atoms with Crippen LogP contribution in [0.4, 0.5) is 11.4 Å². The SMILES string of the molecule is COc1ccc(Cl)cc1-c1nnc(SCC(=O)Nc2ccc(Cl)c([N+](=O)[O-])c2)n1C. The second kappa shape index (κ2) is 9.33. The molecule has 0 bridgehead atoms. The van der Waals surface area contributed by atoms with Gasteiger partial charge in [0, 0.05) is 23.8 Å². The predicted octanol–water partition coefficient (Wildman–Crippen LogP) is 4.44. The van der Waals surface area contributed by atoms with Crippen molar-refractivity contribution >= 4 is 52.2 Å². The quantitative estimate of drug-likeness (QED) is 0.310. The van der Waals surface area contributed by atoms with Gasteiger partial charge in [-0.2, -0.15) is 0 Å². The molecule has 1 aromatic heterocycles. The number of hydrogen-bond donors (Lipinski definition) is 1. The van der Waals surface area contributed by atoms with Gasteiger partial charge in [-0.3, -0.25) is 14.9 Å². The highest BCUT2D eigenvalue weighted by molar-refractivity contribution is 7.99. The summed E-state index contributed by atoms with van der Waals surface area (Å²) in [4.78, 5) is 22.6. The van der Waals surface area contributed by atoms with Crippen molar-refractivity contribution in [3.8, 4) is 17.1 Å². The molecule has 0 saturated heterocycles. The van der Waals surface area contributed by atoms with Gasteiger partial charge in [0.05, 0.1) is 23.3 Å². The first kappa shape index (κ1) is 21.9. The van der Waals surface area contributed by atoms with E-state index in [2.05, 4.69) is 15.5 Å². The van der Waals surface area contributed by atoms with Crippen LogP contribution in [0.5, 0.6) is 5.75 Å². The van der Waals surface area contributed by atoms with Crippen molar-refractivity contribution in [2.75, 3.05) is 18.2 Å². The van der Waals surface area contributed by atoms with Crippen LogP contribution in [0, 0.1) is 10.1 Å². The van der Waals surface area contributed by atoms with Crippen molar-refractivity contribution in [1.29, 1.82) is 0 Å². The van der Waals surface area contributed by atoms with Crippen LogP contribution in [0.2, 0.25) is 10.0 Å². The Morgan fingerprint density at radius 3 is 2.73 bits per heavy atom. The number of halogens is 2. The monoisotopic (exact) mass is 467 g/mol. The van der Waals surface area contributed by atoms with Crippen LogP contribution in [-0.4, -0.2) is 38.5 Å². The Labute approximate surface area is 185 Å². The van der Waals surface area contributed by atoms with Gasteiger partial charge in [-0.25, -0.2) is 0 Å². The molecule has 9 nitrogen and oxygen atoms in total. The molecule has 1 amide bonds. The Kier molecular flexibility index (Phi) is 6.80. The fourth-order valence-corrected chi connectivity index (χ4v) is 3.66. The molecule has 0 saturated carbocycles. The fourth-order valence-electron chi connectivity index (χ4n) is 2.59. The van der Waals surface area contributed by atoms with E-state index in [1.54, 1.807) is 36.9 Å². The highest BCUT2D eigenvalue weighted by atomic mass is 35.5. The van der Waals surface area contributed by atoms with Gasteiger partial charge in [-0.15, -0.1) is 10.2 Å². The van der Waals surface area contributed by atoms with Gasteiger partial charge in [0.1, 0.15) is 10.8 Å². The maximum Gasteiger partial charge on any atom is 0.289 e. The summed E-state index contributed by atoms with van der Waals surface area (Å²) >= 11 is 13.0. The molecule has 156 valence electrons. The Morgan fingerprint density at radius 2 is 2.03 bits per heavy atom. The van der Waals surface area contributed by atoms with E-state index in [0.717, 1.165) is 11.8 Å². The first-order valence-electron chi connectivity index (χ1n) is 8.40. The molecule has 3 aromatic rings. The van der Waals surface area contributed by atoms with Gasteiger partial charge >= 0.3 is 0 Å². The molecular formula is C18H15Cl2N5O4S. The molecule has 0 radical (unpaired) electrons. The first-order valence-corrected chi connectivity index (χ1v) is 10.1. The number of nitrogens with zero attached hydrogens (tertiary/aromatic N) is 4. The minimum absolute atomic E-state index is 0.00423. The van der Waals surface area contributed by atoms with Crippen molar-refractivity contribution in [2.45, 2.75) is 5.16 Å². The van der Waals surface area contributed by atoms with Gasteiger partial charge < -0.3 is 14.6 Å². The van der Waals surface area contributed by atoms with Crippen molar-refractivity contribution in [3.63, 3.8) is 0 Å². The van der Waals surface area contributed by atoms with Gasteiger partial charge in [0.2, 0.25) is 5.91 Å². The number of nitro groups is 1. The molecule has 0 spiro atoms. The van der Waals surface area contributed by atoms with E-state index in [-0.39, 0.29) is 28.1 Å². The van der Waals surface area contributed by atoms with Crippen LogP contribution in [-0.2, 0) is 11.8 Å². The van der Waals surface area contributed by atoms with Crippen LogP contribution in [0.15, 0.2) is 41.6 Å². The molecule has 0 aliphatic carbocycles. The highest BCUT2D eigenvalue weighted by Gasteiger charge is 2.18. The molecule has 30 heavy (non-hydrogen) atoms. The van der Waals surface area contributed by atoms with E-state index in [1.165, 1.54) is 18.2 Å². The topological polar surface area (TPSA) is 112 Å². The van der Waals surface area contributed by atoms with E-state index in [4.69, 9.17) is 27.9 Å². The molecule has 12 heteroatoms. The average molecular weight is 468 g/mol. The summed E-state index contributed by atoms with van der Waals surface area (Å²) in [6.07, 6.45) is 0. The zero-order chi connectivity index (χ0) is 21.8. The first-order chi connectivity index (χ1) is 14.3. The number of benzene rings is 2. The molecule has 0 atom stereocenters. The summed E-state index contributed by atoms with van der Waals surface area (Å²) < 4.78 is 7.07. The molecule has 1 heterocycles. The van der Waals surface area contributed by atoms with Crippen LogP contribution >= 0.6 is 35.0 Å². The van der Waals surface area contributed by atoms with Gasteiger partial charge in [-0.1, -0.05) is 35.0 Å². The second-order valence-electron chi connectivity index (χ2n) is 5.97. The Balaban J connectivity index is 1.70. The third-order valence-electron chi connectivity index (χ3n) is 4.00. The summed E-state index contributed by atoms with van der Waals surface area (Å²) in [5.74, 6) is 0.787. The summed E-state index contributed by atoms with van der Waals surface area (Å²) in [5.41, 5.74) is 0.666. The summed E-state index contributed by atoms with van der Waals surface area (Å²) in [6, 6.07) is 9.22. The van der Waals surface area contributed by atoms with Crippen molar-refractivity contribution in [2.24, 2.45) is 7.05 Å². The van der Waals surface area contributed by atoms with E-state index in [1.807, 2.05) is 0 Å². The molecule has 0 aliphatic rings. The van der Waals surface area contributed by atoms with Gasteiger partial charge in [0.25, 0.3) is 5.69 Å². The molecule has 0 aliphatic heterocycles. The number of hydrogen-bond acceptors (Lipinski definition) is 7. The normalized spacial score (nSPS) is 10.7. The zero-order valence-corrected chi connectivity index (χ0v) is 18.1. The molecular weight excluding hydrogens is 453 g/mol. The molecule has 2 aromatic carbocycles. The second-order valence-corrected chi connectivity index (χ2v) is 7.76. The Bertz CT molecular complexity index is 1120. The number of methoxy groups -OCH3 is 1. The maximum atomic E-state index is 12.3. The number of carbonyl (C=O) groups excluding carboxylic acids is 1. The molecule has 0 fully saturated rings. The lowest BCUT2D eigenvalue weighted by atomic mass is 10.2. The maximum absolute atomic E-state index is 12.3. The smallest absolute Gasteiger partial charge is 0.289 e. The van der Waals surface area contributed by atoms with Gasteiger partial charge in [0.15, 0.2) is 11.0 Å². The van der Waals surface area contributed by atoms with Crippen molar-refractivity contribution in [1.82, 2.24) is 14.8 Å². The van der Waals surface area contributed by atoms with Crippen molar-refractivity contribution in [3.05, 3.63) is 56.6 Å². The van der Waals surface area contributed by atoms with E-state index in [9.17, 15) is 14.9 Å². The van der Waals surface area contributed by atoms with E-state index in [0.29, 0.717) is 27.3 Å². The average Bonchev–Trinajstić information content (AvgIpc) is 3.08. The van der Waals surface area contributed by atoms with Gasteiger partial charge in [-0.05, 0) is 30.3 Å². The number of aromatic nitrogens is 3. The Morgan fingerprint density at radius 1 is 1.27 bits per heavy atom. The van der Waals surface area contributed by atoms with Crippen LogP contribution in [0.3, 0.4) is 0 Å². The molecule has 3 rings (SSSR count). The third-order valence-corrected chi connectivity index (χ3v) is 5.57. The predicted molar refractivity (Wildman–Crippen MR) is 115 cm³/mol. The number of rotatable bonds is 7. The number of amides is 1. The fraction of sp³-hybridized carbons (Fsp3) is 0.167. The number of thioether (sulfide) groups is 1. The van der Waals surface area contributed by atoms with E-state index >= 15 is 0 Å². The van der Waals surface area contributed by atoms with Crippen LogP contribution in [0.1, 0.15) is 0 Å². The lowest BCUT2D eigenvalue weighted by molar-refractivity contribution is -0.384. The zero-order valence-electron chi connectivity index (χ0n) is 15.8. The molecule has 0 unspecified atom stereocenters. The van der Waals surface area contributed by atoms with Crippen LogP contribution < -0.4 is 10.1 Å². The lowest BCUT2D eigenvalue weighted by Gasteiger charge is -2.09. The minimum Gasteiger partial charge on any atom is -0.496 e. The number of nitro benzene ring substituents is 1. The third kappa shape index (κ3) is 4.84. The summed E-state index contributed by atoms with van der Waals surface area (Å²) in [7, 11) is 3.31. The number of anilines is 1. The van der Waals surface area contributed by atoms with Crippen LogP contribution in [0.25, 0.3) is 11.4 Å². The van der Waals surface area contributed by atoms with Crippen molar-refractivity contribution < 1.29 is 14.5 Å².